The second-order valence-electron chi connectivity index (χ2n) is 7.32. The predicted molar refractivity (Wildman–Crippen MR) is 78.4 cm³/mol. The predicted octanol–water partition coefficient (Wildman–Crippen LogP) is 0.670. The van der Waals surface area contributed by atoms with Crippen molar-refractivity contribution in [3.8, 4) is 0 Å². The number of hydrogen-bond acceptors (Lipinski definition) is 5. The second kappa shape index (κ2) is 4.93. The van der Waals surface area contributed by atoms with Crippen LogP contribution < -0.4 is 0 Å². The first-order chi connectivity index (χ1) is 8.95. The van der Waals surface area contributed by atoms with Gasteiger partial charge in [-0.15, -0.1) is 0 Å². The zero-order valence-corrected chi connectivity index (χ0v) is 13.9. The van der Waals surface area contributed by atoms with Gasteiger partial charge in [-0.2, -0.15) is 0 Å². The molecule has 6 heteroatoms. The lowest BCUT2D eigenvalue weighted by Crippen LogP contribution is -2.52. The molecule has 0 aromatic heterocycles. The van der Waals surface area contributed by atoms with Crippen molar-refractivity contribution in [2.45, 2.75) is 58.0 Å². The highest BCUT2D eigenvalue weighted by Gasteiger charge is 2.53. The Morgan fingerprint density at radius 2 is 1.85 bits per heavy atom. The molecule has 2 aliphatic heterocycles. The summed E-state index contributed by atoms with van der Waals surface area (Å²) >= 11 is 0. The third kappa shape index (κ3) is 3.03. The average molecular weight is 305 g/mol. The van der Waals surface area contributed by atoms with E-state index in [9.17, 15) is 13.5 Å². The van der Waals surface area contributed by atoms with Crippen molar-refractivity contribution in [3.63, 3.8) is 0 Å². The van der Waals surface area contributed by atoms with Crippen LogP contribution in [0.15, 0.2) is 0 Å². The van der Waals surface area contributed by atoms with Crippen molar-refractivity contribution in [3.05, 3.63) is 0 Å². The maximum atomic E-state index is 11.6. The van der Waals surface area contributed by atoms with Gasteiger partial charge in [0.15, 0.2) is 9.84 Å². The summed E-state index contributed by atoms with van der Waals surface area (Å²) in [5.74, 6) is 0.409. The zero-order valence-electron chi connectivity index (χ0n) is 13.1. The molecule has 2 rings (SSSR count). The Bertz CT molecular complexity index is 472. The minimum atomic E-state index is -2.90. The summed E-state index contributed by atoms with van der Waals surface area (Å²) in [6.45, 7) is 11.0. The van der Waals surface area contributed by atoms with E-state index >= 15 is 0 Å². The number of ether oxygens (including phenoxy) is 1. The fourth-order valence-corrected chi connectivity index (χ4v) is 5.18. The van der Waals surface area contributed by atoms with Crippen molar-refractivity contribution in [1.29, 1.82) is 0 Å². The molecular weight excluding hydrogens is 278 g/mol. The molecule has 2 aliphatic rings. The van der Waals surface area contributed by atoms with Crippen LogP contribution in [0.2, 0.25) is 0 Å². The normalized spacial score (nSPS) is 39.8. The number of aliphatic hydroxyl groups is 1. The molecule has 118 valence electrons. The molecule has 0 aromatic carbocycles. The molecule has 0 saturated carbocycles. The first-order valence-corrected chi connectivity index (χ1v) is 9.09. The molecule has 20 heavy (non-hydrogen) atoms. The van der Waals surface area contributed by atoms with Crippen LogP contribution in [-0.2, 0) is 14.6 Å². The Morgan fingerprint density at radius 3 is 2.30 bits per heavy atom. The summed E-state index contributed by atoms with van der Waals surface area (Å²) in [4.78, 5) is 2.17. The highest BCUT2D eigenvalue weighted by molar-refractivity contribution is 7.91. The first-order valence-electron chi connectivity index (χ1n) is 7.27. The van der Waals surface area contributed by atoms with Crippen LogP contribution in [0.1, 0.15) is 34.6 Å². The minimum absolute atomic E-state index is 0.000428. The molecule has 5 nitrogen and oxygen atoms in total. The highest BCUT2D eigenvalue weighted by atomic mass is 32.2. The van der Waals surface area contributed by atoms with E-state index in [0.717, 1.165) is 0 Å². The summed E-state index contributed by atoms with van der Waals surface area (Å²) < 4.78 is 29.3. The van der Waals surface area contributed by atoms with Crippen LogP contribution in [0.3, 0.4) is 0 Å². The van der Waals surface area contributed by atoms with Crippen molar-refractivity contribution < 1.29 is 18.3 Å². The zero-order chi connectivity index (χ0) is 15.3. The van der Waals surface area contributed by atoms with E-state index in [-0.39, 0.29) is 23.5 Å². The first kappa shape index (κ1) is 16.2. The Labute approximate surface area is 122 Å². The number of sulfone groups is 1. The molecule has 0 aromatic rings. The van der Waals surface area contributed by atoms with Crippen LogP contribution in [0, 0.1) is 5.92 Å². The maximum absolute atomic E-state index is 11.6. The van der Waals surface area contributed by atoms with E-state index in [0.29, 0.717) is 13.1 Å². The van der Waals surface area contributed by atoms with Crippen LogP contribution in [0.4, 0.5) is 0 Å². The van der Waals surface area contributed by atoms with E-state index in [4.69, 9.17) is 4.74 Å². The van der Waals surface area contributed by atoms with Gasteiger partial charge in [-0.1, -0.05) is 0 Å². The largest absolute Gasteiger partial charge is 0.390 e. The SMILES string of the molecule is CC1CS(=O)(=O)CCN1CC1C(O)C(C)(C)OC1(C)C. The summed E-state index contributed by atoms with van der Waals surface area (Å²) in [7, 11) is -2.90. The standard InChI is InChI=1S/C14H27NO4S/c1-10-9-20(17,18)7-6-15(10)8-11-12(16)14(4,5)19-13(11,2)3/h10-12,16H,6-9H2,1-5H3. The van der Waals surface area contributed by atoms with Gasteiger partial charge in [0.25, 0.3) is 0 Å². The third-order valence-electron chi connectivity index (χ3n) is 4.75. The monoisotopic (exact) mass is 305 g/mol. The number of hydrogen-bond donors (Lipinski definition) is 1. The maximum Gasteiger partial charge on any atom is 0.153 e. The summed E-state index contributed by atoms with van der Waals surface area (Å²) in [6.07, 6.45) is -0.539. The fourth-order valence-electron chi connectivity index (χ4n) is 3.56. The highest BCUT2D eigenvalue weighted by Crippen LogP contribution is 2.42. The second-order valence-corrected chi connectivity index (χ2v) is 9.55. The lowest BCUT2D eigenvalue weighted by molar-refractivity contribution is -0.0914. The summed E-state index contributed by atoms with van der Waals surface area (Å²) in [5.41, 5.74) is -0.960. The van der Waals surface area contributed by atoms with Crippen molar-refractivity contribution in [1.82, 2.24) is 4.90 Å². The minimum Gasteiger partial charge on any atom is -0.390 e. The summed E-state index contributed by atoms with van der Waals surface area (Å²) in [5, 5.41) is 10.5. The average Bonchev–Trinajstić information content (AvgIpc) is 2.38. The van der Waals surface area contributed by atoms with E-state index in [1.165, 1.54) is 0 Å². The third-order valence-corrected chi connectivity index (χ3v) is 6.55. The Morgan fingerprint density at radius 1 is 1.25 bits per heavy atom. The van der Waals surface area contributed by atoms with Crippen LogP contribution in [0.5, 0.6) is 0 Å². The van der Waals surface area contributed by atoms with Crippen molar-refractivity contribution in [2.24, 2.45) is 5.92 Å². The van der Waals surface area contributed by atoms with Gasteiger partial charge in [-0.05, 0) is 34.6 Å². The summed E-state index contributed by atoms with van der Waals surface area (Å²) in [6, 6.07) is 0.000428. The fraction of sp³-hybridized carbons (Fsp3) is 1.00. The van der Waals surface area contributed by atoms with Gasteiger partial charge in [0.1, 0.15) is 0 Å². The van der Waals surface area contributed by atoms with Crippen molar-refractivity contribution >= 4 is 9.84 Å². The van der Waals surface area contributed by atoms with Gasteiger partial charge in [-0.3, -0.25) is 4.90 Å². The molecule has 0 radical (unpaired) electrons. The lowest BCUT2D eigenvalue weighted by Gasteiger charge is -2.38. The van der Waals surface area contributed by atoms with Crippen LogP contribution >= 0.6 is 0 Å². The molecule has 1 N–H and O–H groups in total. The van der Waals surface area contributed by atoms with Crippen LogP contribution in [-0.4, -0.2) is 66.4 Å². The quantitative estimate of drug-likeness (QED) is 0.812. The van der Waals surface area contributed by atoms with E-state index in [1.54, 1.807) is 0 Å². The molecule has 2 fully saturated rings. The molecule has 0 aliphatic carbocycles. The van der Waals surface area contributed by atoms with E-state index in [2.05, 4.69) is 4.90 Å². The topological polar surface area (TPSA) is 66.8 Å². The van der Waals surface area contributed by atoms with Gasteiger partial charge in [0.05, 0.1) is 28.8 Å². The van der Waals surface area contributed by atoms with Gasteiger partial charge in [-0.25, -0.2) is 8.42 Å². The molecule has 3 atom stereocenters. The van der Waals surface area contributed by atoms with Crippen LogP contribution in [0.25, 0.3) is 0 Å². The molecule has 0 spiro atoms. The number of rotatable bonds is 2. The van der Waals surface area contributed by atoms with E-state index in [1.807, 2.05) is 34.6 Å². The smallest absolute Gasteiger partial charge is 0.153 e. The van der Waals surface area contributed by atoms with Gasteiger partial charge in [0, 0.05) is 25.0 Å². The Kier molecular flexibility index (Phi) is 4.00. The molecule has 0 amide bonds. The number of nitrogens with zero attached hydrogens (tertiary/aromatic N) is 1. The Balaban J connectivity index is 2.10. The van der Waals surface area contributed by atoms with E-state index < -0.39 is 27.1 Å². The lowest BCUT2D eigenvalue weighted by atomic mass is 9.84. The van der Waals surface area contributed by atoms with Gasteiger partial charge >= 0.3 is 0 Å². The Hall–Kier alpha value is -0.170. The van der Waals surface area contributed by atoms with Crippen molar-refractivity contribution in [2.75, 3.05) is 24.6 Å². The molecule has 3 unspecified atom stereocenters. The molecular formula is C14H27NO4S. The van der Waals surface area contributed by atoms with Gasteiger partial charge in [0.2, 0.25) is 0 Å². The molecule has 2 heterocycles. The van der Waals surface area contributed by atoms with Gasteiger partial charge < -0.3 is 9.84 Å². The molecule has 0 bridgehead atoms. The number of aliphatic hydroxyl groups excluding tert-OH is 1. The molecule has 2 saturated heterocycles.